The molecule has 0 bridgehead atoms. The van der Waals surface area contributed by atoms with E-state index in [0.717, 1.165) is 47.4 Å². The molecular weight excluding hydrogens is 384 g/mol. The number of unbranched alkanes of at least 4 members (excludes halogenated alkanes) is 1. The number of aryl methyl sites for hydroxylation is 2. The minimum absolute atomic E-state index is 0.622. The molecule has 0 N–H and O–H groups in total. The van der Waals surface area contributed by atoms with Gasteiger partial charge in [-0.25, -0.2) is 4.68 Å². The van der Waals surface area contributed by atoms with E-state index in [-0.39, 0.29) is 0 Å². The first-order valence-corrected chi connectivity index (χ1v) is 10.6. The first-order chi connectivity index (χ1) is 14.3. The van der Waals surface area contributed by atoms with Gasteiger partial charge in [0.15, 0.2) is 16.8 Å². The van der Waals surface area contributed by atoms with Crippen LogP contribution in [0.2, 0.25) is 0 Å². The molecule has 4 aromatic rings. The zero-order valence-electron chi connectivity index (χ0n) is 16.4. The van der Waals surface area contributed by atoms with E-state index in [2.05, 4.69) is 73.4 Å². The summed E-state index contributed by atoms with van der Waals surface area (Å²) in [5.41, 5.74) is 3.18. The van der Waals surface area contributed by atoms with Gasteiger partial charge in [-0.05, 0) is 48.0 Å². The number of nitrogens with zero attached hydrogens (tertiary/aromatic N) is 8. The Bertz CT molecular complexity index is 1060. The fourth-order valence-corrected chi connectivity index (χ4v) is 3.80. The first kappa shape index (κ1) is 19.3. The molecule has 0 amide bonds. The molecule has 0 unspecified atom stereocenters. The van der Waals surface area contributed by atoms with E-state index in [1.165, 1.54) is 5.56 Å². The summed E-state index contributed by atoms with van der Waals surface area (Å²) in [5, 5.41) is 21.8. The summed E-state index contributed by atoms with van der Waals surface area (Å²) >= 11 is 1.58. The van der Waals surface area contributed by atoms with Crippen LogP contribution in [-0.2, 0) is 12.3 Å². The lowest BCUT2D eigenvalue weighted by Crippen LogP contribution is -2.05. The van der Waals surface area contributed by atoms with E-state index in [0.29, 0.717) is 5.75 Å². The number of rotatable bonds is 8. The lowest BCUT2D eigenvalue weighted by atomic mass is 10.2. The lowest BCUT2D eigenvalue weighted by Gasteiger charge is -2.10. The zero-order valence-corrected chi connectivity index (χ0v) is 17.2. The predicted molar refractivity (Wildman–Crippen MR) is 112 cm³/mol. The summed E-state index contributed by atoms with van der Waals surface area (Å²) in [6.07, 6.45) is 5.67. The molecule has 0 aliphatic heterocycles. The Morgan fingerprint density at radius 3 is 2.52 bits per heavy atom. The Morgan fingerprint density at radius 2 is 1.76 bits per heavy atom. The van der Waals surface area contributed by atoms with Gasteiger partial charge in [-0.15, -0.1) is 15.3 Å². The van der Waals surface area contributed by atoms with Gasteiger partial charge in [-0.2, -0.15) is 0 Å². The quantitative estimate of drug-likeness (QED) is 0.412. The van der Waals surface area contributed by atoms with Crippen molar-refractivity contribution < 1.29 is 0 Å². The lowest BCUT2D eigenvalue weighted by molar-refractivity contribution is 0.540. The van der Waals surface area contributed by atoms with Gasteiger partial charge in [0.05, 0.1) is 5.75 Å². The summed E-state index contributed by atoms with van der Waals surface area (Å²) in [7, 11) is 0. The average molecular weight is 407 g/mol. The van der Waals surface area contributed by atoms with E-state index >= 15 is 0 Å². The Labute approximate surface area is 173 Å². The Kier molecular flexibility index (Phi) is 5.95. The maximum absolute atomic E-state index is 4.46. The molecule has 0 fully saturated rings. The van der Waals surface area contributed by atoms with Crippen molar-refractivity contribution in [3.8, 4) is 17.1 Å². The SMILES string of the molecule is CCCCn1nnnc1CSc1nnc(-c2ccncc2)n1-c1ccc(C)cc1. The minimum atomic E-state index is 0.622. The third-order valence-electron chi connectivity index (χ3n) is 4.52. The number of benzene rings is 1. The van der Waals surface area contributed by atoms with Crippen LogP contribution in [0.1, 0.15) is 31.2 Å². The van der Waals surface area contributed by atoms with Gasteiger partial charge in [0.2, 0.25) is 0 Å². The second kappa shape index (κ2) is 8.95. The highest BCUT2D eigenvalue weighted by Crippen LogP contribution is 2.29. The van der Waals surface area contributed by atoms with Gasteiger partial charge in [-0.1, -0.05) is 42.8 Å². The number of aromatic nitrogens is 8. The zero-order chi connectivity index (χ0) is 20.1. The molecule has 4 rings (SSSR count). The summed E-state index contributed by atoms with van der Waals surface area (Å²) in [6.45, 7) is 5.06. The average Bonchev–Trinajstić information content (AvgIpc) is 3.38. The molecule has 0 spiro atoms. The van der Waals surface area contributed by atoms with E-state index in [1.807, 2.05) is 16.8 Å². The van der Waals surface area contributed by atoms with Crippen molar-refractivity contribution in [3.05, 3.63) is 60.2 Å². The second-order valence-corrected chi connectivity index (χ2v) is 7.62. The van der Waals surface area contributed by atoms with Crippen LogP contribution < -0.4 is 0 Å². The van der Waals surface area contributed by atoms with Crippen molar-refractivity contribution in [1.29, 1.82) is 0 Å². The molecule has 148 valence electrons. The summed E-state index contributed by atoms with van der Waals surface area (Å²) < 4.78 is 3.94. The van der Waals surface area contributed by atoms with Crippen LogP contribution in [0, 0.1) is 6.92 Å². The molecule has 0 atom stereocenters. The van der Waals surface area contributed by atoms with Crippen LogP contribution in [0.4, 0.5) is 0 Å². The monoisotopic (exact) mass is 406 g/mol. The smallest absolute Gasteiger partial charge is 0.196 e. The van der Waals surface area contributed by atoms with Crippen LogP contribution in [0.25, 0.3) is 17.1 Å². The van der Waals surface area contributed by atoms with E-state index in [9.17, 15) is 0 Å². The molecule has 0 aliphatic carbocycles. The molecule has 29 heavy (non-hydrogen) atoms. The maximum atomic E-state index is 4.46. The van der Waals surface area contributed by atoms with Crippen molar-refractivity contribution in [1.82, 2.24) is 40.0 Å². The van der Waals surface area contributed by atoms with Gasteiger partial charge in [0.25, 0.3) is 0 Å². The molecule has 3 aromatic heterocycles. The third kappa shape index (κ3) is 4.34. The summed E-state index contributed by atoms with van der Waals surface area (Å²) in [5.74, 6) is 2.24. The summed E-state index contributed by atoms with van der Waals surface area (Å²) in [4.78, 5) is 4.11. The van der Waals surface area contributed by atoms with Crippen LogP contribution >= 0.6 is 11.8 Å². The summed E-state index contributed by atoms with van der Waals surface area (Å²) in [6, 6.07) is 12.2. The number of thioether (sulfide) groups is 1. The minimum Gasteiger partial charge on any atom is -0.270 e. The molecule has 0 saturated carbocycles. The fraction of sp³-hybridized carbons (Fsp3) is 0.300. The topological polar surface area (TPSA) is 87.2 Å². The fourth-order valence-electron chi connectivity index (χ4n) is 2.92. The standard InChI is InChI=1S/C20H22N8S/c1-3-4-13-27-18(22-25-26-27)14-29-20-24-23-19(16-9-11-21-12-10-16)28(20)17-7-5-15(2)6-8-17/h5-12H,3-4,13-14H2,1-2H3. The van der Waals surface area contributed by atoms with Crippen molar-refractivity contribution in [3.63, 3.8) is 0 Å². The Hall–Kier alpha value is -3.07. The van der Waals surface area contributed by atoms with Crippen molar-refractivity contribution >= 4 is 11.8 Å². The Balaban J connectivity index is 1.66. The van der Waals surface area contributed by atoms with Gasteiger partial charge in [-0.3, -0.25) is 9.55 Å². The van der Waals surface area contributed by atoms with E-state index < -0.39 is 0 Å². The molecule has 0 radical (unpaired) electrons. The van der Waals surface area contributed by atoms with Gasteiger partial charge in [0, 0.05) is 30.2 Å². The molecule has 8 nitrogen and oxygen atoms in total. The molecule has 0 saturated heterocycles. The van der Waals surface area contributed by atoms with Gasteiger partial charge in [0.1, 0.15) is 0 Å². The Morgan fingerprint density at radius 1 is 0.966 bits per heavy atom. The molecule has 1 aromatic carbocycles. The second-order valence-electron chi connectivity index (χ2n) is 6.67. The van der Waals surface area contributed by atoms with Crippen LogP contribution in [0.15, 0.2) is 53.9 Å². The van der Waals surface area contributed by atoms with E-state index in [1.54, 1.807) is 24.2 Å². The maximum Gasteiger partial charge on any atom is 0.196 e. The number of pyridine rings is 1. The third-order valence-corrected chi connectivity index (χ3v) is 5.45. The van der Waals surface area contributed by atoms with Crippen molar-refractivity contribution in [2.45, 2.75) is 44.1 Å². The molecule has 0 aliphatic rings. The van der Waals surface area contributed by atoms with Crippen molar-refractivity contribution in [2.75, 3.05) is 0 Å². The van der Waals surface area contributed by atoms with E-state index in [4.69, 9.17) is 0 Å². The molecule has 9 heteroatoms. The van der Waals surface area contributed by atoms with Gasteiger partial charge >= 0.3 is 0 Å². The van der Waals surface area contributed by atoms with Crippen LogP contribution in [-0.4, -0.2) is 40.0 Å². The highest BCUT2D eigenvalue weighted by atomic mass is 32.2. The molecular formula is C20H22N8S. The van der Waals surface area contributed by atoms with Crippen molar-refractivity contribution in [2.24, 2.45) is 0 Å². The highest BCUT2D eigenvalue weighted by Gasteiger charge is 2.17. The first-order valence-electron chi connectivity index (χ1n) is 9.57. The normalized spacial score (nSPS) is 11.1. The number of hydrogen-bond acceptors (Lipinski definition) is 7. The highest BCUT2D eigenvalue weighted by molar-refractivity contribution is 7.98. The number of hydrogen-bond donors (Lipinski definition) is 0. The van der Waals surface area contributed by atoms with Crippen LogP contribution in [0.5, 0.6) is 0 Å². The number of tetrazole rings is 1. The van der Waals surface area contributed by atoms with Gasteiger partial charge < -0.3 is 0 Å². The largest absolute Gasteiger partial charge is 0.270 e. The molecule has 3 heterocycles. The van der Waals surface area contributed by atoms with Crippen LogP contribution in [0.3, 0.4) is 0 Å². The predicted octanol–water partition coefficient (Wildman–Crippen LogP) is 3.72.